The second-order valence-electron chi connectivity index (χ2n) is 5.60. The third-order valence-electron chi connectivity index (χ3n) is 3.60. The van der Waals surface area contributed by atoms with Crippen LogP contribution in [0.5, 0.6) is 0 Å². The maximum atomic E-state index is 13.1. The van der Waals surface area contributed by atoms with Gasteiger partial charge in [0, 0.05) is 24.3 Å². The van der Waals surface area contributed by atoms with Gasteiger partial charge in [-0.15, -0.1) is 0 Å². The maximum Gasteiger partial charge on any atom is 0.255 e. The SMILES string of the molecule is CC(C)N(C)S(=O)(=O)c1ccc(NC(=O)c2cccc(F)c2)cc1. The maximum absolute atomic E-state index is 13.1. The second kappa shape index (κ2) is 7.11. The molecule has 5 nitrogen and oxygen atoms in total. The highest BCUT2D eigenvalue weighted by Crippen LogP contribution is 2.19. The molecule has 0 spiro atoms. The van der Waals surface area contributed by atoms with Crippen LogP contribution in [-0.4, -0.2) is 31.7 Å². The Morgan fingerprint density at radius 1 is 1.12 bits per heavy atom. The van der Waals surface area contributed by atoms with Gasteiger partial charge in [-0.2, -0.15) is 4.31 Å². The van der Waals surface area contributed by atoms with Crippen molar-refractivity contribution < 1.29 is 17.6 Å². The predicted octanol–water partition coefficient (Wildman–Crippen LogP) is 3.11. The Kier molecular flexibility index (Phi) is 5.36. The molecule has 0 aliphatic rings. The van der Waals surface area contributed by atoms with Crippen molar-refractivity contribution in [3.63, 3.8) is 0 Å². The van der Waals surface area contributed by atoms with E-state index in [-0.39, 0.29) is 16.5 Å². The molecule has 1 N–H and O–H groups in total. The molecule has 0 heterocycles. The van der Waals surface area contributed by atoms with Crippen molar-refractivity contribution >= 4 is 21.6 Å². The summed E-state index contributed by atoms with van der Waals surface area (Å²) in [5.74, 6) is -0.967. The highest BCUT2D eigenvalue weighted by atomic mass is 32.2. The average molecular weight is 350 g/mol. The number of carbonyl (C=O) groups excluding carboxylic acids is 1. The van der Waals surface area contributed by atoms with E-state index >= 15 is 0 Å². The molecule has 0 aliphatic carbocycles. The van der Waals surface area contributed by atoms with Gasteiger partial charge in [0.25, 0.3) is 5.91 Å². The van der Waals surface area contributed by atoms with Crippen molar-refractivity contribution in [1.82, 2.24) is 4.31 Å². The molecule has 128 valence electrons. The summed E-state index contributed by atoms with van der Waals surface area (Å²) in [7, 11) is -2.06. The smallest absolute Gasteiger partial charge is 0.255 e. The molecule has 0 aromatic heterocycles. The van der Waals surface area contributed by atoms with E-state index in [1.165, 1.54) is 53.8 Å². The van der Waals surface area contributed by atoms with Crippen molar-refractivity contribution in [3.8, 4) is 0 Å². The molecule has 0 saturated carbocycles. The van der Waals surface area contributed by atoms with Gasteiger partial charge in [-0.05, 0) is 56.3 Å². The third-order valence-corrected chi connectivity index (χ3v) is 5.65. The van der Waals surface area contributed by atoms with Crippen LogP contribution in [0, 0.1) is 5.82 Å². The minimum atomic E-state index is -3.57. The van der Waals surface area contributed by atoms with Gasteiger partial charge in [0.1, 0.15) is 5.82 Å². The molecule has 1 amide bonds. The number of halogens is 1. The quantitative estimate of drug-likeness (QED) is 0.901. The van der Waals surface area contributed by atoms with Gasteiger partial charge in [0.15, 0.2) is 0 Å². The van der Waals surface area contributed by atoms with Crippen LogP contribution in [0.15, 0.2) is 53.4 Å². The highest BCUT2D eigenvalue weighted by molar-refractivity contribution is 7.89. The first kappa shape index (κ1) is 18.1. The number of rotatable bonds is 5. The zero-order valence-electron chi connectivity index (χ0n) is 13.7. The van der Waals surface area contributed by atoms with Gasteiger partial charge < -0.3 is 5.32 Å². The summed E-state index contributed by atoms with van der Waals surface area (Å²) in [4.78, 5) is 12.2. The van der Waals surface area contributed by atoms with Crippen LogP contribution in [-0.2, 0) is 10.0 Å². The van der Waals surface area contributed by atoms with Gasteiger partial charge in [-0.1, -0.05) is 6.07 Å². The lowest BCUT2D eigenvalue weighted by molar-refractivity contribution is 0.102. The van der Waals surface area contributed by atoms with Crippen LogP contribution in [0.3, 0.4) is 0 Å². The third kappa shape index (κ3) is 3.98. The number of sulfonamides is 1. The van der Waals surface area contributed by atoms with E-state index in [0.29, 0.717) is 5.69 Å². The summed E-state index contributed by atoms with van der Waals surface area (Å²) in [5, 5.41) is 2.60. The van der Waals surface area contributed by atoms with Crippen molar-refractivity contribution in [2.24, 2.45) is 0 Å². The van der Waals surface area contributed by atoms with Crippen LogP contribution < -0.4 is 5.32 Å². The van der Waals surface area contributed by atoms with E-state index in [1.54, 1.807) is 13.8 Å². The first-order valence-corrected chi connectivity index (χ1v) is 8.81. The summed E-state index contributed by atoms with van der Waals surface area (Å²) < 4.78 is 39.1. The Labute approximate surface area is 141 Å². The molecular weight excluding hydrogens is 331 g/mol. The number of benzene rings is 2. The molecule has 2 aromatic rings. The Balaban J connectivity index is 2.17. The van der Waals surface area contributed by atoms with Crippen LogP contribution in [0.2, 0.25) is 0 Å². The summed E-state index contributed by atoms with van der Waals surface area (Å²) in [6.45, 7) is 3.57. The number of nitrogens with zero attached hydrogens (tertiary/aromatic N) is 1. The number of hydrogen-bond acceptors (Lipinski definition) is 3. The van der Waals surface area contributed by atoms with Gasteiger partial charge in [0.2, 0.25) is 10.0 Å². The van der Waals surface area contributed by atoms with E-state index in [2.05, 4.69) is 5.32 Å². The van der Waals surface area contributed by atoms with Crippen molar-refractivity contribution in [1.29, 1.82) is 0 Å². The number of carbonyl (C=O) groups is 1. The molecule has 0 radical (unpaired) electrons. The molecule has 2 rings (SSSR count). The van der Waals surface area contributed by atoms with E-state index in [9.17, 15) is 17.6 Å². The number of nitrogens with one attached hydrogen (secondary N) is 1. The predicted molar refractivity (Wildman–Crippen MR) is 90.9 cm³/mol. The fraction of sp³-hybridized carbons (Fsp3) is 0.235. The van der Waals surface area contributed by atoms with Gasteiger partial charge in [-0.25, -0.2) is 12.8 Å². The molecule has 7 heteroatoms. The lowest BCUT2D eigenvalue weighted by Gasteiger charge is -2.21. The summed E-state index contributed by atoms with van der Waals surface area (Å²) in [6.07, 6.45) is 0. The highest BCUT2D eigenvalue weighted by Gasteiger charge is 2.22. The molecular formula is C17H19FN2O3S. The van der Waals surface area contributed by atoms with E-state index in [4.69, 9.17) is 0 Å². The number of amides is 1. The lowest BCUT2D eigenvalue weighted by Crippen LogP contribution is -2.33. The fourth-order valence-corrected chi connectivity index (χ4v) is 3.35. The Morgan fingerprint density at radius 3 is 2.29 bits per heavy atom. The van der Waals surface area contributed by atoms with E-state index in [0.717, 1.165) is 6.07 Å². The normalized spacial score (nSPS) is 11.8. The molecule has 0 bridgehead atoms. The molecule has 0 fully saturated rings. The van der Waals surface area contributed by atoms with Gasteiger partial charge in [0.05, 0.1) is 4.90 Å². The van der Waals surface area contributed by atoms with Crippen LogP contribution in [0.1, 0.15) is 24.2 Å². The Hall–Kier alpha value is -2.25. The molecule has 0 unspecified atom stereocenters. The summed E-state index contributed by atoms with van der Waals surface area (Å²) in [5.41, 5.74) is 0.613. The van der Waals surface area contributed by atoms with Crippen LogP contribution in [0.25, 0.3) is 0 Å². The molecule has 0 saturated heterocycles. The first-order chi connectivity index (χ1) is 11.2. The van der Waals surface area contributed by atoms with Crippen molar-refractivity contribution in [2.45, 2.75) is 24.8 Å². The van der Waals surface area contributed by atoms with Gasteiger partial charge in [-0.3, -0.25) is 4.79 Å². The van der Waals surface area contributed by atoms with Crippen molar-refractivity contribution in [3.05, 3.63) is 59.9 Å². The number of hydrogen-bond donors (Lipinski definition) is 1. The first-order valence-electron chi connectivity index (χ1n) is 7.37. The summed E-state index contributed by atoms with van der Waals surface area (Å²) >= 11 is 0. The Morgan fingerprint density at radius 2 is 1.75 bits per heavy atom. The average Bonchev–Trinajstić information content (AvgIpc) is 2.54. The fourth-order valence-electron chi connectivity index (χ4n) is 1.99. The number of anilines is 1. The zero-order valence-corrected chi connectivity index (χ0v) is 14.5. The largest absolute Gasteiger partial charge is 0.322 e. The molecule has 24 heavy (non-hydrogen) atoms. The molecule has 0 atom stereocenters. The minimum absolute atomic E-state index is 0.141. The van der Waals surface area contributed by atoms with E-state index < -0.39 is 21.7 Å². The molecule has 2 aromatic carbocycles. The second-order valence-corrected chi connectivity index (χ2v) is 7.60. The van der Waals surface area contributed by atoms with Crippen molar-refractivity contribution in [2.75, 3.05) is 12.4 Å². The van der Waals surface area contributed by atoms with Crippen LogP contribution in [0.4, 0.5) is 10.1 Å². The minimum Gasteiger partial charge on any atom is -0.322 e. The monoisotopic (exact) mass is 350 g/mol. The summed E-state index contributed by atoms with van der Waals surface area (Å²) in [6, 6.07) is 11.0. The lowest BCUT2D eigenvalue weighted by atomic mass is 10.2. The van der Waals surface area contributed by atoms with E-state index in [1.807, 2.05) is 0 Å². The molecule has 0 aliphatic heterocycles. The van der Waals surface area contributed by atoms with Gasteiger partial charge >= 0.3 is 0 Å². The topological polar surface area (TPSA) is 66.5 Å². The van der Waals surface area contributed by atoms with Crippen LogP contribution >= 0.6 is 0 Å². The standard InChI is InChI=1S/C17H19FN2O3S/c1-12(2)20(3)24(22,23)16-9-7-15(8-10-16)19-17(21)13-5-4-6-14(18)11-13/h4-12H,1-3H3,(H,19,21). The zero-order chi connectivity index (χ0) is 17.9. The Bertz CT molecular complexity index is 833.